The third-order valence-electron chi connectivity index (χ3n) is 3.64. The molecule has 2 aromatic rings. The Morgan fingerprint density at radius 2 is 2.10 bits per heavy atom. The number of amides is 1. The van der Waals surface area contributed by atoms with Crippen LogP contribution in [0.3, 0.4) is 0 Å². The van der Waals surface area contributed by atoms with Crippen molar-refractivity contribution in [3.8, 4) is 10.4 Å². The summed E-state index contributed by atoms with van der Waals surface area (Å²) < 4.78 is 0. The first-order valence-electron chi connectivity index (χ1n) is 6.99. The molecule has 3 rings (SSSR count). The molecule has 1 fully saturated rings. The summed E-state index contributed by atoms with van der Waals surface area (Å²) in [5.41, 5.74) is 2.00. The molecule has 1 aromatic heterocycles. The van der Waals surface area contributed by atoms with Gasteiger partial charge < -0.3 is 10.6 Å². The largest absolute Gasteiger partial charge is 0.325 e. The molecule has 0 bridgehead atoms. The zero-order valence-corrected chi connectivity index (χ0v) is 13.3. The van der Waals surface area contributed by atoms with Crippen molar-refractivity contribution < 1.29 is 4.79 Å². The number of benzene rings is 1. The first-order valence-corrected chi connectivity index (χ1v) is 7.87. The minimum atomic E-state index is 0. The Bertz CT molecular complexity index is 580. The van der Waals surface area contributed by atoms with Gasteiger partial charge in [-0.25, -0.2) is 0 Å². The highest BCUT2D eigenvalue weighted by molar-refractivity contribution is 7.13. The number of hydrogen-bond donors (Lipinski definition) is 2. The number of carbonyl (C=O) groups excluding carboxylic acids is 1. The van der Waals surface area contributed by atoms with Crippen LogP contribution >= 0.6 is 23.7 Å². The summed E-state index contributed by atoms with van der Waals surface area (Å²) in [5, 5.41) is 8.44. The molecule has 21 heavy (non-hydrogen) atoms. The van der Waals surface area contributed by atoms with Crippen LogP contribution in [0.1, 0.15) is 12.8 Å². The Balaban J connectivity index is 0.00000161. The van der Waals surface area contributed by atoms with Gasteiger partial charge in [0.05, 0.1) is 5.92 Å². The number of anilines is 1. The van der Waals surface area contributed by atoms with Crippen LogP contribution in [0.5, 0.6) is 0 Å². The highest BCUT2D eigenvalue weighted by atomic mass is 35.5. The first kappa shape index (κ1) is 16.0. The van der Waals surface area contributed by atoms with Crippen LogP contribution in [-0.4, -0.2) is 19.0 Å². The quantitative estimate of drug-likeness (QED) is 0.903. The molecule has 0 spiro atoms. The van der Waals surface area contributed by atoms with E-state index in [4.69, 9.17) is 0 Å². The molecule has 1 aliphatic rings. The molecule has 0 saturated carbocycles. The Hall–Kier alpha value is -1.36. The maximum absolute atomic E-state index is 12.3. The van der Waals surface area contributed by atoms with Gasteiger partial charge in [-0.15, -0.1) is 23.7 Å². The van der Waals surface area contributed by atoms with E-state index in [9.17, 15) is 4.79 Å². The zero-order chi connectivity index (χ0) is 13.8. The van der Waals surface area contributed by atoms with E-state index >= 15 is 0 Å². The molecule has 1 amide bonds. The Kier molecular flexibility index (Phi) is 5.79. The minimum absolute atomic E-state index is 0. The van der Waals surface area contributed by atoms with Crippen molar-refractivity contribution in [3.63, 3.8) is 0 Å². The number of hydrogen-bond acceptors (Lipinski definition) is 3. The molecule has 1 atom stereocenters. The SMILES string of the molecule is Cl.O=C(Nc1ccccc1-c1cccs1)[C@@H]1CCCNC1. The molecule has 0 aliphatic carbocycles. The van der Waals surface area contributed by atoms with Gasteiger partial charge in [0, 0.05) is 22.7 Å². The fraction of sp³-hybridized carbons (Fsp3) is 0.312. The lowest BCUT2D eigenvalue weighted by molar-refractivity contribution is -0.120. The average Bonchev–Trinajstić information content (AvgIpc) is 3.03. The molecule has 0 radical (unpaired) electrons. The maximum Gasteiger partial charge on any atom is 0.228 e. The second-order valence-electron chi connectivity index (χ2n) is 5.06. The van der Waals surface area contributed by atoms with Gasteiger partial charge in [0.1, 0.15) is 0 Å². The predicted octanol–water partition coefficient (Wildman–Crippen LogP) is 3.78. The van der Waals surface area contributed by atoms with E-state index in [-0.39, 0.29) is 24.2 Å². The van der Waals surface area contributed by atoms with E-state index in [1.165, 1.54) is 4.88 Å². The van der Waals surface area contributed by atoms with Crippen molar-refractivity contribution in [2.75, 3.05) is 18.4 Å². The number of halogens is 1. The number of nitrogens with one attached hydrogen (secondary N) is 2. The van der Waals surface area contributed by atoms with Crippen molar-refractivity contribution in [1.29, 1.82) is 0 Å². The third-order valence-corrected chi connectivity index (χ3v) is 4.54. The van der Waals surface area contributed by atoms with Crippen LogP contribution in [-0.2, 0) is 4.79 Å². The van der Waals surface area contributed by atoms with Crippen LogP contribution in [0.25, 0.3) is 10.4 Å². The number of rotatable bonds is 3. The molecular formula is C16H19ClN2OS. The molecule has 0 unspecified atom stereocenters. The van der Waals surface area contributed by atoms with Crippen LogP contribution in [0.15, 0.2) is 41.8 Å². The van der Waals surface area contributed by atoms with Crippen molar-refractivity contribution in [2.45, 2.75) is 12.8 Å². The van der Waals surface area contributed by atoms with E-state index in [0.29, 0.717) is 0 Å². The summed E-state index contributed by atoms with van der Waals surface area (Å²) in [4.78, 5) is 13.5. The highest BCUT2D eigenvalue weighted by Gasteiger charge is 2.21. The Morgan fingerprint density at radius 1 is 1.24 bits per heavy atom. The lowest BCUT2D eigenvalue weighted by Crippen LogP contribution is -2.37. The van der Waals surface area contributed by atoms with E-state index in [1.807, 2.05) is 24.3 Å². The second kappa shape index (κ2) is 7.59. The lowest BCUT2D eigenvalue weighted by atomic mass is 9.98. The van der Waals surface area contributed by atoms with Gasteiger partial charge in [-0.3, -0.25) is 4.79 Å². The van der Waals surface area contributed by atoms with Gasteiger partial charge in [0.25, 0.3) is 0 Å². The molecule has 3 nitrogen and oxygen atoms in total. The van der Waals surface area contributed by atoms with Gasteiger partial charge in [0.2, 0.25) is 5.91 Å². The zero-order valence-electron chi connectivity index (χ0n) is 11.7. The van der Waals surface area contributed by atoms with Crippen molar-refractivity contribution in [3.05, 3.63) is 41.8 Å². The molecule has 5 heteroatoms. The van der Waals surface area contributed by atoms with Gasteiger partial charge >= 0.3 is 0 Å². The fourth-order valence-corrected chi connectivity index (χ4v) is 3.32. The van der Waals surface area contributed by atoms with Crippen LogP contribution in [0, 0.1) is 5.92 Å². The van der Waals surface area contributed by atoms with Crippen molar-refractivity contribution >= 4 is 35.3 Å². The van der Waals surface area contributed by atoms with Crippen LogP contribution in [0.4, 0.5) is 5.69 Å². The van der Waals surface area contributed by atoms with E-state index < -0.39 is 0 Å². The molecule has 1 aliphatic heterocycles. The minimum Gasteiger partial charge on any atom is -0.325 e. The average molecular weight is 323 g/mol. The Labute approximate surface area is 135 Å². The normalized spacial score (nSPS) is 17.8. The summed E-state index contributed by atoms with van der Waals surface area (Å²) in [6.07, 6.45) is 2.05. The van der Waals surface area contributed by atoms with Gasteiger partial charge in [-0.2, -0.15) is 0 Å². The summed E-state index contributed by atoms with van der Waals surface area (Å²) in [5.74, 6) is 0.210. The molecule has 2 heterocycles. The summed E-state index contributed by atoms with van der Waals surface area (Å²) >= 11 is 1.69. The van der Waals surface area contributed by atoms with Crippen LogP contribution in [0.2, 0.25) is 0 Å². The topological polar surface area (TPSA) is 41.1 Å². The van der Waals surface area contributed by atoms with Gasteiger partial charge in [0.15, 0.2) is 0 Å². The van der Waals surface area contributed by atoms with Crippen molar-refractivity contribution in [2.24, 2.45) is 5.92 Å². The number of thiophene rings is 1. The Morgan fingerprint density at radius 3 is 2.81 bits per heavy atom. The number of carbonyl (C=O) groups is 1. The second-order valence-corrected chi connectivity index (χ2v) is 6.00. The van der Waals surface area contributed by atoms with E-state index in [0.717, 1.165) is 37.2 Å². The number of piperidine rings is 1. The van der Waals surface area contributed by atoms with E-state index in [1.54, 1.807) is 11.3 Å². The first-order chi connectivity index (χ1) is 9.84. The van der Waals surface area contributed by atoms with Gasteiger partial charge in [-0.1, -0.05) is 24.3 Å². The molecule has 112 valence electrons. The molecule has 1 aromatic carbocycles. The van der Waals surface area contributed by atoms with E-state index in [2.05, 4.69) is 28.1 Å². The molecule has 1 saturated heterocycles. The summed E-state index contributed by atoms with van der Waals surface area (Å²) in [6.45, 7) is 1.81. The molecular weight excluding hydrogens is 304 g/mol. The third kappa shape index (κ3) is 3.84. The smallest absolute Gasteiger partial charge is 0.228 e. The summed E-state index contributed by atoms with van der Waals surface area (Å²) in [6, 6.07) is 12.1. The lowest BCUT2D eigenvalue weighted by Gasteiger charge is -2.22. The maximum atomic E-state index is 12.3. The molecule has 2 N–H and O–H groups in total. The van der Waals surface area contributed by atoms with Gasteiger partial charge in [-0.05, 0) is 36.9 Å². The summed E-state index contributed by atoms with van der Waals surface area (Å²) in [7, 11) is 0. The monoisotopic (exact) mass is 322 g/mol. The standard InChI is InChI=1S/C16H18N2OS.ClH/c19-16(12-5-3-9-17-11-12)18-14-7-2-1-6-13(14)15-8-4-10-20-15;/h1-2,4,6-8,10,12,17H,3,5,9,11H2,(H,18,19);1H/t12-;/m1./s1. The fourth-order valence-electron chi connectivity index (χ4n) is 2.55. The van der Waals surface area contributed by atoms with Crippen molar-refractivity contribution in [1.82, 2.24) is 5.32 Å². The number of para-hydroxylation sites is 1. The predicted molar refractivity (Wildman–Crippen MR) is 91.2 cm³/mol. The highest BCUT2D eigenvalue weighted by Crippen LogP contribution is 2.31. The van der Waals surface area contributed by atoms with Crippen LogP contribution < -0.4 is 10.6 Å².